The van der Waals surface area contributed by atoms with Crippen LogP contribution >= 0.6 is 0 Å². The molecule has 10 rings (SSSR count). The lowest BCUT2D eigenvalue weighted by Gasteiger charge is -2.18. The van der Waals surface area contributed by atoms with Crippen LogP contribution < -0.4 is 0 Å². The molecule has 3 heteroatoms. The summed E-state index contributed by atoms with van der Waals surface area (Å²) in [7, 11) is 0. The van der Waals surface area contributed by atoms with Crippen molar-refractivity contribution in [1.82, 2.24) is 9.55 Å². The van der Waals surface area contributed by atoms with Gasteiger partial charge in [-0.3, -0.25) is 4.57 Å². The van der Waals surface area contributed by atoms with E-state index in [4.69, 9.17) is 9.40 Å². The summed E-state index contributed by atoms with van der Waals surface area (Å²) >= 11 is 0. The van der Waals surface area contributed by atoms with Crippen LogP contribution in [-0.4, -0.2) is 9.55 Å². The fraction of sp³-hybridized carbons (Fsp3) is 0.0238. The molecule has 45 heavy (non-hydrogen) atoms. The second-order valence-electron chi connectivity index (χ2n) is 11.9. The molecule has 3 aromatic heterocycles. The number of fused-ring (bicyclic) bond motifs is 10. The Morgan fingerprint density at radius 2 is 1.29 bits per heavy atom. The highest BCUT2D eigenvalue weighted by atomic mass is 16.3. The number of aromatic nitrogens is 2. The van der Waals surface area contributed by atoms with E-state index < -0.39 is 0 Å². The Morgan fingerprint density at radius 1 is 0.533 bits per heavy atom. The molecule has 0 saturated heterocycles. The number of para-hydroxylation sites is 2. The van der Waals surface area contributed by atoms with Crippen LogP contribution in [0, 0.1) is 0 Å². The summed E-state index contributed by atoms with van der Waals surface area (Å²) in [6.07, 6.45) is 0. The summed E-state index contributed by atoms with van der Waals surface area (Å²) in [5.74, 6) is 0.926. The largest absolute Gasteiger partial charge is 0.438 e. The van der Waals surface area contributed by atoms with Gasteiger partial charge in [-0.05, 0) is 63.2 Å². The standard InChI is InChI=1S/C42H26N2O/c1-2-11-26(12-3-1)27-13-10-14-28(25-27)39-32-18-5-4-15-29(32)33-21-22-34-30-16-6-8-19-36(30)44(41(34)40(33)39)38-24-23-35-31-17-7-9-20-37(31)45-42(35)43-38/h1-25,39H. The first kappa shape index (κ1) is 24.5. The molecule has 0 aliphatic heterocycles. The van der Waals surface area contributed by atoms with Gasteiger partial charge in [0, 0.05) is 27.5 Å². The third kappa shape index (κ3) is 3.49. The van der Waals surface area contributed by atoms with Crippen molar-refractivity contribution in [2.24, 2.45) is 0 Å². The molecule has 0 spiro atoms. The highest BCUT2D eigenvalue weighted by molar-refractivity contribution is 6.13. The molecule has 1 aliphatic carbocycles. The van der Waals surface area contributed by atoms with E-state index >= 15 is 0 Å². The van der Waals surface area contributed by atoms with E-state index in [1.807, 2.05) is 18.2 Å². The summed E-state index contributed by atoms with van der Waals surface area (Å²) in [5, 5.41) is 4.56. The molecule has 6 aromatic carbocycles. The minimum Gasteiger partial charge on any atom is -0.438 e. The van der Waals surface area contributed by atoms with Crippen LogP contribution in [0.5, 0.6) is 0 Å². The first-order valence-corrected chi connectivity index (χ1v) is 15.4. The van der Waals surface area contributed by atoms with Gasteiger partial charge in [-0.25, -0.2) is 0 Å². The topological polar surface area (TPSA) is 31.0 Å². The lowest BCUT2D eigenvalue weighted by atomic mass is 9.86. The van der Waals surface area contributed by atoms with Crippen molar-refractivity contribution in [3.05, 3.63) is 168 Å². The van der Waals surface area contributed by atoms with Gasteiger partial charge in [0.05, 0.1) is 11.0 Å². The highest BCUT2D eigenvalue weighted by Crippen LogP contribution is 2.52. The van der Waals surface area contributed by atoms with Gasteiger partial charge in [-0.1, -0.05) is 127 Å². The van der Waals surface area contributed by atoms with Crippen molar-refractivity contribution >= 4 is 43.9 Å². The second kappa shape index (κ2) is 9.28. The summed E-state index contributed by atoms with van der Waals surface area (Å²) in [4.78, 5) is 5.18. The van der Waals surface area contributed by atoms with Crippen molar-refractivity contribution in [1.29, 1.82) is 0 Å². The molecule has 0 amide bonds. The van der Waals surface area contributed by atoms with Gasteiger partial charge in [0.15, 0.2) is 0 Å². The first-order valence-electron chi connectivity index (χ1n) is 15.4. The molecule has 0 N–H and O–H groups in total. The Morgan fingerprint density at radius 3 is 2.22 bits per heavy atom. The zero-order valence-electron chi connectivity index (χ0n) is 24.3. The van der Waals surface area contributed by atoms with Crippen LogP contribution in [0.2, 0.25) is 0 Å². The minimum atomic E-state index is 0.0709. The zero-order valence-corrected chi connectivity index (χ0v) is 24.3. The lowest BCUT2D eigenvalue weighted by Crippen LogP contribution is -2.04. The van der Waals surface area contributed by atoms with Crippen molar-refractivity contribution in [2.75, 3.05) is 0 Å². The molecule has 0 saturated carbocycles. The van der Waals surface area contributed by atoms with Crippen LogP contribution in [-0.2, 0) is 0 Å². The Hall–Kier alpha value is -5.93. The monoisotopic (exact) mass is 574 g/mol. The molecular weight excluding hydrogens is 548 g/mol. The lowest BCUT2D eigenvalue weighted by molar-refractivity contribution is 0.653. The van der Waals surface area contributed by atoms with E-state index in [0.717, 1.165) is 27.7 Å². The maximum Gasteiger partial charge on any atom is 0.229 e. The van der Waals surface area contributed by atoms with Crippen LogP contribution in [0.15, 0.2) is 156 Å². The van der Waals surface area contributed by atoms with Gasteiger partial charge < -0.3 is 4.42 Å². The molecular formula is C42H26N2O. The summed E-state index contributed by atoms with van der Waals surface area (Å²) in [6.45, 7) is 0. The van der Waals surface area contributed by atoms with E-state index in [9.17, 15) is 0 Å². The van der Waals surface area contributed by atoms with Crippen LogP contribution in [0.4, 0.5) is 0 Å². The van der Waals surface area contributed by atoms with E-state index in [-0.39, 0.29) is 5.92 Å². The zero-order chi connectivity index (χ0) is 29.5. The SMILES string of the molecule is c1ccc(-c2cccc(C3c4ccccc4-c4ccc5c6ccccc6n(-c6ccc7c(n6)oc6ccccc67)c5c43)c2)cc1. The quantitative estimate of drug-likeness (QED) is 0.210. The van der Waals surface area contributed by atoms with Crippen LogP contribution in [0.25, 0.3) is 71.9 Å². The van der Waals surface area contributed by atoms with Crippen molar-refractivity contribution < 1.29 is 4.42 Å². The van der Waals surface area contributed by atoms with Gasteiger partial charge >= 0.3 is 0 Å². The molecule has 9 aromatic rings. The maximum atomic E-state index is 6.28. The van der Waals surface area contributed by atoms with Crippen molar-refractivity contribution in [3.63, 3.8) is 0 Å². The Bertz CT molecular complexity index is 2610. The van der Waals surface area contributed by atoms with Crippen LogP contribution in [0.3, 0.4) is 0 Å². The number of hydrogen-bond acceptors (Lipinski definition) is 2. The molecule has 0 bridgehead atoms. The average molecular weight is 575 g/mol. The predicted octanol–water partition coefficient (Wildman–Crippen LogP) is 10.9. The minimum absolute atomic E-state index is 0.0709. The Kier molecular flexibility index (Phi) is 5.06. The molecule has 3 heterocycles. The van der Waals surface area contributed by atoms with E-state index in [0.29, 0.717) is 5.71 Å². The summed E-state index contributed by atoms with van der Waals surface area (Å²) in [5.41, 5.74) is 12.8. The molecule has 210 valence electrons. The maximum absolute atomic E-state index is 6.28. The normalized spacial score (nSPS) is 14.0. The second-order valence-corrected chi connectivity index (χ2v) is 11.9. The Balaban J connectivity index is 1.29. The number of furan rings is 1. The van der Waals surface area contributed by atoms with Gasteiger partial charge in [-0.15, -0.1) is 0 Å². The van der Waals surface area contributed by atoms with E-state index in [1.54, 1.807) is 0 Å². The molecule has 1 unspecified atom stereocenters. The van der Waals surface area contributed by atoms with Gasteiger partial charge in [-0.2, -0.15) is 4.98 Å². The molecule has 3 nitrogen and oxygen atoms in total. The van der Waals surface area contributed by atoms with Crippen LogP contribution in [0.1, 0.15) is 22.6 Å². The Labute approximate surface area is 259 Å². The number of rotatable bonds is 3. The van der Waals surface area contributed by atoms with Gasteiger partial charge in [0.2, 0.25) is 5.71 Å². The van der Waals surface area contributed by atoms with E-state index in [1.165, 1.54) is 55.2 Å². The van der Waals surface area contributed by atoms with Gasteiger partial charge in [0.1, 0.15) is 11.4 Å². The molecule has 1 aliphatic rings. The smallest absolute Gasteiger partial charge is 0.229 e. The van der Waals surface area contributed by atoms with Gasteiger partial charge in [0.25, 0.3) is 0 Å². The first-order chi connectivity index (χ1) is 22.3. The fourth-order valence-corrected chi connectivity index (χ4v) is 7.59. The number of nitrogens with zero attached hydrogens (tertiary/aromatic N) is 2. The third-order valence-corrected chi connectivity index (χ3v) is 9.51. The average Bonchev–Trinajstić information content (AvgIpc) is 3.76. The predicted molar refractivity (Wildman–Crippen MR) is 184 cm³/mol. The fourth-order valence-electron chi connectivity index (χ4n) is 7.59. The molecule has 0 fully saturated rings. The highest BCUT2D eigenvalue weighted by Gasteiger charge is 2.34. The molecule has 0 radical (unpaired) electrons. The summed E-state index contributed by atoms with van der Waals surface area (Å²) in [6, 6.07) is 54.4. The molecule has 1 atom stereocenters. The summed E-state index contributed by atoms with van der Waals surface area (Å²) < 4.78 is 8.64. The van der Waals surface area contributed by atoms with Crippen molar-refractivity contribution in [2.45, 2.75) is 5.92 Å². The number of pyridine rings is 1. The number of benzene rings is 6. The van der Waals surface area contributed by atoms with E-state index in [2.05, 4.69) is 138 Å². The van der Waals surface area contributed by atoms with Crippen molar-refractivity contribution in [3.8, 4) is 28.1 Å². The number of hydrogen-bond donors (Lipinski definition) is 0. The third-order valence-electron chi connectivity index (χ3n) is 9.51.